The van der Waals surface area contributed by atoms with Gasteiger partial charge in [-0.2, -0.15) is 5.10 Å². The van der Waals surface area contributed by atoms with E-state index in [0.717, 1.165) is 41.3 Å². The van der Waals surface area contributed by atoms with Gasteiger partial charge in [-0.05, 0) is 81.9 Å². The minimum Gasteiger partial charge on any atom is -0.444 e. The fourth-order valence-corrected chi connectivity index (χ4v) is 4.69. The van der Waals surface area contributed by atoms with Crippen molar-refractivity contribution in [2.24, 2.45) is 0 Å². The first kappa shape index (κ1) is 25.0. The van der Waals surface area contributed by atoms with Crippen molar-refractivity contribution >= 4 is 34.2 Å². The number of nitrogens with one attached hydrogen (secondary N) is 1. The van der Waals surface area contributed by atoms with Crippen LogP contribution in [0.15, 0.2) is 48.8 Å². The molecule has 2 amide bonds. The van der Waals surface area contributed by atoms with Crippen molar-refractivity contribution in [1.82, 2.24) is 19.7 Å². The number of amides is 2. The van der Waals surface area contributed by atoms with Gasteiger partial charge in [0.1, 0.15) is 5.60 Å². The summed E-state index contributed by atoms with van der Waals surface area (Å²) in [5.74, 6) is -0.281. The second-order valence-corrected chi connectivity index (χ2v) is 10.4. The molecule has 9 heteroatoms. The minimum atomic E-state index is -0.526. The summed E-state index contributed by atoms with van der Waals surface area (Å²) in [7, 11) is 0. The Morgan fingerprint density at radius 3 is 2.62 bits per heavy atom. The van der Waals surface area contributed by atoms with Gasteiger partial charge in [-0.1, -0.05) is 12.1 Å². The van der Waals surface area contributed by atoms with E-state index in [1.54, 1.807) is 29.4 Å². The van der Waals surface area contributed by atoms with Crippen molar-refractivity contribution in [3.63, 3.8) is 0 Å². The van der Waals surface area contributed by atoms with Crippen LogP contribution in [0.4, 0.5) is 10.5 Å². The zero-order valence-corrected chi connectivity index (χ0v) is 21.6. The maximum atomic E-state index is 13.3. The number of nitrogens with zero attached hydrogens (tertiary/aromatic N) is 4. The zero-order valence-electron chi connectivity index (χ0n) is 21.6. The third kappa shape index (κ3) is 5.67. The maximum absolute atomic E-state index is 13.3. The van der Waals surface area contributed by atoms with Crippen LogP contribution in [-0.4, -0.2) is 57.0 Å². The largest absolute Gasteiger partial charge is 0.444 e. The monoisotopic (exact) mass is 503 g/mol. The number of carbonyl (C=O) groups is 2. The zero-order chi connectivity index (χ0) is 26.0. The Labute approximate surface area is 216 Å². The Hall–Kier alpha value is -3.72. The lowest BCUT2D eigenvalue weighted by atomic mass is 9.97. The van der Waals surface area contributed by atoms with Crippen LogP contribution in [0.1, 0.15) is 68.7 Å². The summed E-state index contributed by atoms with van der Waals surface area (Å²) >= 11 is 0. The Kier molecular flexibility index (Phi) is 6.97. The van der Waals surface area contributed by atoms with Gasteiger partial charge < -0.3 is 19.7 Å². The van der Waals surface area contributed by atoms with Crippen LogP contribution in [0.5, 0.6) is 0 Å². The van der Waals surface area contributed by atoms with E-state index < -0.39 is 5.60 Å². The first-order valence-electron chi connectivity index (χ1n) is 12.8. The highest BCUT2D eigenvalue weighted by molar-refractivity contribution is 6.11. The molecule has 0 spiro atoms. The summed E-state index contributed by atoms with van der Waals surface area (Å²) in [6, 6.07) is 9.59. The summed E-state index contributed by atoms with van der Waals surface area (Å²) in [5, 5.41) is 8.45. The highest BCUT2D eigenvalue weighted by Gasteiger charge is 2.26. The molecule has 2 aliphatic rings. The average Bonchev–Trinajstić information content (AvgIpc) is 3.28. The number of ether oxygens (including phenoxy) is 2. The van der Waals surface area contributed by atoms with Crippen LogP contribution in [-0.2, 0) is 9.47 Å². The highest BCUT2D eigenvalue weighted by atomic mass is 16.6. The summed E-state index contributed by atoms with van der Waals surface area (Å²) in [4.78, 5) is 31.5. The Bertz CT molecular complexity index is 1320. The molecule has 1 fully saturated rings. The summed E-state index contributed by atoms with van der Waals surface area (Å²) in [6.07, 6.45) is 8.47. The number of pyridine rings is 1. The third-order valence-electron chi connectivity index (χ3n) is 6.52. The van der Waals surface area contributed by atoms with Crippen molar-refractivity contribution in [3.05, 3.63) is 60.1 Å². The lowest BCUT2D eigenvalue weighted by Gasteiger charge is -2.29. The number of anilines is 1. The summed E-state index contributed by atoms with van der Waals surface area (Å²) in [5.41, 5.74) is 3.49. The predicted octanol–water partition coefficient (Wildman–Crippen LogP) is 5.41. The first-order chi connectivity index (χ1) is 17.8. The van der Waals surface area contributed by atoms with Gasteiger partial charge in [-0.15, -0.1) is 0 Å². The lowest BCUT2D eigenvalue weighted by Crippen LogP contribution is -2.39. The predicted molar refractivity (Wildman–Crippen MR) is 141 cm³/mol. The molecule has 2 aliphatic heterocycles. The standard InChI is InChI=1S/C28H33N5O4/c1-28(2,3)37-27(35)32-15-11-19(12-16-32)20-7-8-23-22(18-20)25(26(34)30-21-9-13-29-14-10-21)31-33(23)24-6-4-5-17-36-24/h7-11,13-14,18,24H,4-6,12,15-17H2,1-3H3,(H,29,30,34). The van der Waals surface area contributed by atoms with Crippen LogP contribution in [0, 0.1) is 0 Å². The van der Waals surface area contributed by atoms with Crippen molar-refractivity contribution in [3.8, 4) is 0 Å². The topological polar surface area (TPSA) is 98.6 Å². The third-order valence-corrected chi connectivity index (χ3v) is 6.52. The van der Waals surface area contributed by atoms with Gasteiger partial charge in [0.2, 0.25) is 0 Å². The molecule has 1 N–H and O–H groups in total. The maximum Gasteiger partial charge on any atom is 0.410 e. The van der Waals surface area contributed by atoms with E-state index in [4.69, 9.17) is 14.6 Å². The summed E-state index contributed by atoms with van der Waals surface area (Å²) in [6.45, 7) is 7.34. The van der Waals surface area contributed by atoms with E-state index in [1.165, 1.54) is 0 Å². The summed E-state index contributed by atoms with van der Waals surface area (Å²) < 4.78 is 13.4. The van der Waals surface area contributed by atoms with Gasteiger partial charge >= 0.3 is 6.09 Å². The van der Waals surface area contributed by atoms with Crippen molar-refractivity contribution in [2.75, 3.05) is 25.0 Å². The van der Waals surface area contributed by atoms with Crippen molar-refractivity contribution < 1.29 is 19.1 Å². The van der Waals surface area contributed by atoms with E-state index in [0.29, 0.717) is 37.5 Å². The Morgan fingerprint density at radius 1 is 1.14 bits per heavy atom. The molecule has 3 aromatic rings. The highest BCUT2D eigenvalue weighted by Crippen LogP contribution is 2.32. The van der Waals surface area contributed by atoms with E-state index >= 15 is 0 Å². The number of fused-ring (bicyclic) bond motifs is 1. The number of hydrogen-bond acceptors (Lipinski definition) is 6. The molecule has 1 unspecified atom stereocenters. The van der Waals surface area contributed by atoms with Gasteiger partial charge in [0.05, 0.1) is 5.52 Å². The Morgan fingerprint density at radius 2 is 1.95 bits per heavy atom. The number of rotatable bonds is 4. The molecule has 0 radical (unpaired) electrons. The molecule has 0 aliphatic carbocycles. The molecule has 4 heterocycles. The molecule has 9 nitrogen and oxygen atoms in total. The second kappa shape index (κ2) is 10.3. The van der Waals surface area contributed by atoms with E-state index in [9.17, 15) is 9.59 Å². The van der Waals surface area contributed by atoms with Crippen LogP contribution >= 0.6 is 0 Å². The quantitative estimate of drug-likeness (QED) is 0.511. The van der Waals surface area contributed by atoms with Gasteiger partial charge in [-0.25, -0.2) is 9.48 Å². The lowest BCUT2D eigenvalue weighted by molar-refractivity contribution is -0.0367. The molecule has 0 bridgehead atoms. The molecule has 1 saturated heterocycles. The fourth-order valence-electron chi connectivity index (χ4n) is 4.69. The van der Waals surface area contributed by atoms with Crippen LogP contribution in [0.2, 0.25) is 0 Å². The van der Waals surface area contributed by atoms with Crippen LogP contribution < -0.4 is 5.32 Å². The van der Waals surface area contributed by atoms with Gasteiger partial charge in [-0.3, -0.25) is 9.78 Å². The molecular formula is C28H33N5O4. The van der Waals surface area contributed by atoms with Crippen molar-refractivity contribution in [2.45, 2.75) is 58.3 Å². The van der Waals surface area contributed by atoms with E-state index in [2.05, 4.69) is 22.4 Å². The number of hydrogen-bond donors (Lipinski definition) is 1. The first-order valence-corrected chi connectivity index (χ1v) is 12.8. The van der Waals surface area contributed by atoms with Crippen molar-refractivity contribution in [1.29, 1.82) is 0 Å². The second-order valence-electron chi connectivity index (χ2n) is 10.4. The van der Waals surface area contributed by atoms with Crippen LogP contribution in [0.3, 0.4) is 0 Å². The molecule has 1 aromatic carbocycles. The molecule has 5 rings (SSSR count). The fraction of sp³-hybridized carbons (Fsp3) is 0.429. The average molecular weight is 504 g/mol. The Balaban J connectivity index is 1.45. The number of benzene rings is 1. The molecule has 37 heavy (non-hydrogen) atoms. The molecule has 0 saturated carbocycles. The SMILES string of the molecule is CC(C)(C)OC(=O)N1CC=C(c2ccc3c(c2)c(C(=O)Nc2ccncc2)nn3C2CCCCO2)CC1. The van der Waals surface area contributed by atoms with Gasteiger partial charge in [0, 0.05) is 43.2 Å². The number of carbonyl (C=O) groups excluding carboxylic acids is 2. The number of aromatic nitrogens is 3. The molecule has 194 valence electrons. The van der Waals surface area contributed by atoms with E-state index in [-0.39, 0.29) is 18.2 Å². The van der Waals surface area contributed by atoms with Crippen LogP contribution in [0.25, 0.3) is 16.5 Å². The van der Waals surface area contributed by atoms with Gasteiger partial charge in [0.15, 0.2) is 11.9 Å². The molecule has 2 aromatic heterocycles. The minimum absolute atomic E-state index is 0.194. The molecular weight excluding hydrogens is 470 g/mol. The molecule has 1 atom stereocenters. The smallest absolute Gasteiger partial charge is 0.410 e. The normalized spacial score (nSPS) is 18.4. The van der Waals surface area contributed by atoms with Gasteiger partial charge in [0.25, 0.3) is 5.91 Å². The van der Waals surface area contributed by atoms with E-state index in [1.807, 2.05) is 37.6 Å².